The molecule has 0 bridgehead atoms. The van der Waals surface area contributed by atoms with Gasteiger partial charge in [0.2, 0.25) is 0 Å². The highest BCUT2D eigenvalue weighted by Crippen LogP contribution is 2.27. The molecule has 118 valence electrons. The van der Waals surface area contributed by atoms with E-state index in [1.54, 1.807) is 12.1 Å². The predicted octanol–water partition coefficient (Wildman–Crippen LogP) is 2.64. The molecule has 2 atom stereocenters. The first-order valence-electron chi connectivity index (χ1n) is 7.97. The average molecular weight is 293 g/mol. The number of piperidine rings is 1. The standard InChI is InChI=1S/C17H28FN3/c1-4-13(19)11-15-16(18)8-5-9-17(15)21(3)14-7-6-10-20(2)12-14/h5,8-9,13-14H,4,6-7,10-12,19H2,1-3H3. The van der Waals surface area contributed by atoms with Gasteiger partial charge in [0.1, 0.15) is 5.82 Å². The van der Waals surface area contributed by atoms with Crippen molar-refractivity contribution in [2.45, 2.75) is 44.7 Å². The third-order valence-electron chi connectivity index (χ3n) is 4.61. The van der Waals surface area contributed by atoms with Crippen LogP contribution >= 0.6 is 0 Å². The summed E-state index contributed by atoms with van der Waals surface area (Å²) in [6.07, 6.45) is 3.83. The lowest BCUT2D eigenvalue weighted by Gasteiger charge is -2.38. The van der Waals surface area contributed by atoms with Gasteiger partial charge in [-0.2, -0.15) is 0 Å². The van der Waals surface area contributed by atoms with E-state index < -0.39 is 0 Å². The van der Waals surface area contributed by atoms with E-state index in [1.807, 2.05) is 13.0 Å². The first-order chi connectivity index (χ1) is 10.0. The van der Waals surface area contributed by atoms with Crippen molar-refractivity contribution in [1.82, 2.24) is 4.90 Å². The van der Waals surface area contributed by atoms with Crippen LogP contribution in [0.4, 0.5) is 10.1 Å². The number of rotatable bonds is 5. The second-order valence-corrected chi connectivity index (χ2v) is 6.28. The van der Waals surface area contributed by atoms with E-state index in [1.165, 1.54) is 6.42 Å². The minimum absolute atomic E-state index is 0.0167. The summed E-state index contributed by atoms with van der Waals surface area (Å²) in [4.78, 5) is 4.60. The molecule has 1 aromatic rings. The molecule has 0 saturated carbocycles. The molecule has 0 aliphatic carbocycles. The molecule has 1 aromatic carbocycles. The number of anilines is 1. The van der Waals surface area contributed by atoms with Crippen molar-refractivity contribution in [3.8, 4) is 0 Å². The Morgan fingerprint density at radius 2 is 2.24 bits per heavy atom. The van der Waals surface area contributed by atoms with E-state index in [-0.39, 0.29) is 11.9 Å². The fourth-order valence-electron chi connectivity index (χ4n) is 3.14. The van der Waals surface area contributed by atoms with Crippen molar-refractivity contribution in [1.29, 1.82) is 0 Å². The van der Waals surface area contributed by atoms with Gasteiger partial charge < -0.3 is 15.5 Å². The Balaban J connectivity index is 2.23. The van der Waals surface area contributed by atoms with E-state index in [0.717, 1.165) is 37.2 Å². The Labute approximate surface area is 127 Å². The van der Waals surface area contributed by atoms with Gasteiger partial charge >= 0.3 is 0 Å². The van der Waals surface area contributed by atoms with Crippen molar-refractivity contribution in [3.63, 3.8) is 0 Å². The zero-order chi connectivity index (χ0) is 15.4. The summed E-state index contributed by atoms with van der Waals surface area (Å²) >= 11 is 0. The number of likely N-dealkylation sites (N-methyl/N-ethyl adjacent to an activating group) is 2. The van der Waals surface area contributed by atoms with E-state index in [0.29, 0.717) is 12.5 Å². The number of likely N-dealkylation sites (tertiary alicyclic amines) is 1. The van der Waals surface area contributed by atoms with Crippen LogP contribution in [-0.2, 0) is 6.42 Å². The van der Waals surface area contributed by atoms with Gasteiger partial charge in [-0.05, 0) is 51.4 Å². The number of nitrogens with two attached hydrogens (primary N) is 1. The summed E-state index contributed by atoms with van der Waals surface area (Å²) in [6, 6.07) is 5.83. The number of nitrogens with zero attached hydrogens (tertiary/aromatic N) is 2. The Hall–Kier alpha value is -1.13. The maximum Gasteiger partial charge on any atom is 0.128 e. The predicted molar refractivity (Wildman–Crippen MR) is 87.3 cm³/mol. The summed E-state index contributed by atoms with van der Waals surface area (Å²) in [6.45, 7) is 4.23. The van der Waals surface area contributed by atoms with Crippen molar-refractivity contribution >= 4 is 5.69 Å². The van der Waals surface area contributed by atoms with Crippen LogP contribution in [0.15, 0.2) is 18.2 Å². The average Bonchev–Trinajstić information content (AvgIpc) is 2.48. The quantitative estimate of drug-likeness (QED) is 0.906. The minimum atomic E-state index is -0.132. The summed E-state index contributed by atoms with van der Waals surface area (Å²) in [7, 11) is 4.24. The zero-order valence-electron chi connectivity index (χ0n) is 13.5. The zero-order valence-corrected chi connectivity index (χ0v) is 13.5. The van der Waals surface area contributed by atoms with Crippen LogP contribution in [0.3, 0.4) is 0 Å². The van der Waals surface area contributed by atoms with Gasteiger partial charge in [0.15, 0.2) is 0 Å². The summed E-state index contributed by atoms with van der Waals surface area (Å²) in [5.74, 6) is -0.132. The number of halogens is 1. The van der Waals surface area contributed by atoms with Crippen LogP contribution in [0.1, 0.15) is 31.7 Å². The highest BCUT2D eigenvalue weighted by Gasteiger charge is 2.24. The summed E-state index contributed by atoms with van der Waals surface area (Å²) in [5.41, 5.74) is 7.82. The van der Waals surface area contributed by atoms with Gasteiger partial charge in [-0.3, -0.25) is 0 Å². The topological polar surface area (TPSA) is 32.5 Å². The van der Waals surface area contributed by atoms with Gasteiger partial charge in [0, 0.05) is 36.9 Å². The van der Waals surface area contributed by atoms with Gasteiger partial charge in [0.05, 0.1) is 0 Å². The SMILES string of the molecule is CCC(N)Cc1c(F)cccc1N(C)C1CCCN(C)C1. The Bertz CT molecular complexity index is 463. The normalized spacial score (nSPS) is 21.3. The Morgan fingerprint density at radius 3 is 2.90 bits per heavy atom. The van der Waals surface area contributed by atoms with Crippen LogP contribution < -0.4 is 10.6 Å². The molecular formula is C17H28FN3. The molecule has 1 aliphatic heterocycles. The fraction of sp³-hybridized carbons (Fsp3) is 0.647. The van der Waals surface area contributed by atoms with Gasteiger partial charge in [-0.1, -0.05) is 13.0 Å². The first-order valence-corrected chi connectivity index (χ1v) is 7.97. The lowest BCUT2D eigenvalue weighted by atomic mass is 9.99. The first kappa shape index (κ1) is 16.2. The summed E-state index contributed by atoms with van der Waals surface area (Å²) in [5, 5.41) is 0. The molecule has 0 radical (unpaired) electrons. The molecule has 4 heteroatoms. The van der Waals surface area contributed by atoms with Crippen molar-refractivity contribution < 1.29 is 4.39 Å². The van der Waals surface area contributed by atoms with Gasteiger partial charge in [-0.25, -0.2) is 4.39 Å². The molecule has 21 heavy (non-hydrogen) atoms. The number of hydrogen-bond donors (Lipinski definition) is 1. The van der Waals surface area contributed by atoms with E-state index in [9.17, 15) is 4.39 Å². The molecule has 1 aliphatic rings. The molecule has 1 heterocycles. The molecule has 1 fully saturated rings. The maximum absolute atomic E-state index is 14.3. The Morgan fingerprint density at radius 1 is 1.48 bits per heavy atom. The van der Waals surface area contributed by atoms with Crippen LogP contribution in [0.25, 0.3) is 0 Å². The van der Waals surface area contributed by atoms with E-state index >= 15 is 0 Å². The monoisotopic (exact) mass is 293 g/mol. The molecule has 1 saturated heterocycles. The van der Waals surface area contributed by atoms with Crippen molar-refractivity contribution in [2.75, 3.05) is 32.1 Å². The molecule has 2 rings (SSSR count). The molecule has 0 amide bonds. The van der Waals surface area contributed by atoms with Crippen molar-refractivity contribution in [3.05, 3.63) is 29.6 Å². The highest BCUT2D eigenvalue weighted by molar-refractivity contribution is 5.55. The summed E-state index contributed by atoms with van der Waals surface area (Å²) < 4.78 is 14.3. The fourth-order valence-corrected chi connectivity index (χ4v) is 3.14. The van der Waals surface area contributed by atoms with Crippen LogP contribution in [0.2, 0.25) is 0 Å². The largest absolute Gasteiger partial charge is 0.370 e. The Kier molecular flexibility index (Phi) is 5.59. The molecule has 2 N–H and O–H groups in total. The molecule has 0 aromatic heterocycles. The van der Waals surface area contributed by atoms with E-state index in [4.69, 9.17) is 5.73 Å². The third-order valence-corrected chi connectivity index (χ3v) is 4.61. The van der Waals surface area contributed by atoms with Crippen LogP contribution in [0, 0.1) is 5.82 Å². The third kappa shape index (κ3) is 3.95. The lowest BCUT2D eigenvalue weighted by molar-refractivity contribution is 0.247. The van der Waals surface area contributed by atoms with E-state index in [2.05, 4.69) is 23.9 Å². The second kappa shape index (κ2) is 7.23. The maximum atomic E-state index is 14.3. The van der Waals surface area contributed by atoms with Crippen LogP contribution in [0.5, 0.6) is 0 Å². The second-order valence-electron chi connectivity index (χ2n) is 6.28. The lowest BCUT2D eigenvalue weighted by Crippen LogP contribution is -2.45. The smallest absolute Gasteiger partial charge is 0.128 e. The number of hydrogen-bond acceptors (Lipinski definition) is 3. The van der Waals surface area contributed by atoms with Crippen LogP contribution in [-0.4, -0.2) is 44.2 Å². The molecule has 0 spiro atoms. The van der Waals surface area contributed by atoms with Crippen molar-refractivity contribution in [2.24, 2.45) is 5.73 Å². The van der Waals surface area contributed by atoms with Gasteiger partial charge in [0.25, 0.3) is 0 Å². The minimum Gasteiger partial charge on any atom is -0.370 e. The number of benzene rings is 1. The molecule has 3 nitrogen and oxygen atoms in total. The molecular weight excluding hydrogens is 265 g/mol. The molecule has 2 unspecified atom stereocenters. The highest BCUT2D eigenvalue weighted by atomic mass is 19.1. The van der Waals surface area contributed by atoms with Gasteiger partial charge in [-0.15, -0.1) is 0 Å².